The van der Waals surface area contributed by atoms with Crippen LogP contribution in [0.3, 0.4) is 0 Å². The van der Waals surface area contributed by atoms with Crippen molar-refractivity contribution in [2.75, 3.05) is 5.32 Å². The third-order valence-corrected chi connectivity index (χ3v) is 1.62. The summed E-state index contributed by atoms with van der Waals surface area (Å²) >= 11 is 0. The summed E-state index contributed by atoms with van der Waals surface area (Å²) in [5.41, 5.74) is -0.201. The van der Waals surface area contributed by atoms with Crippen LogP contribution in [0.15, 0.2) is 36.0 Å². The fourth-order valence-corrected chi connectivity index (χ4v) is 1.01. The minimum atomic E-state index is -1.40. The highest BCUT2D eigenvalue weighted by Crippen LogP contribution is 2.17. The highest BCUT2D eigenvalue weighted by molar-refractivity contribution is 5.97. The molecule has 0 aliphatic heterocycles. The van der Waals surface area contributed by atoms with Gasteiger partial charge in [0.1, 0.15) is 11.4 Å². The molecule has 0 fully saturated rings. The van der Waals surface area contributed by atoms with Gasteiger partial charge in [0, 0.05) is 11.8 Å². The van der Waals surface area contributed by atoms with Crippen molar-refractivity contribution in [2.45, 2.75) is 0 Å². The van der Waals surface area contributed by atoms with Crippen molar-refractivity contribution in [1.82, 2.24) is 0 Å². The zero-order chi connectivity index (χ0) is 12.1. The maximum atomic E-state index is 10.7. The van der Waals surface area contributed by atoms with Gasteiger partial charge in [-0.3, -0.25) is 0 Å². The van der Waals surface area contributed by atoms with Crippen LogP contribution in [0.1, 0.15) is 0 Å². The molecule has 1 aromatic carbocycles. The average molecular weight is 223 g/mol. The zero-order valence-corrected chi connectivity index (χ0v) is 8.04. The van der Waals surface area contributed by atoms with Crippen LogP contribution in [0.4, 0.5) is 5.69 Å². The van der Waals surface area contributed by atoms with Crippen molar-refractivity contribution in [1.29, 1.82) is 0 Å². The molecule has 0 spiro atoms. The number of hydrogen-bond acceptors (Lipinski definition) is 4. The van der Waals surface area contributed by atoms with E-state index in [-0.39, 0.29) is 11.4 Å². The highest BCUT2D eigenvalue weighted by atomic mass is 16.4. The fourth-order valence-electron chi connectivity index (χ4n) is 1.01. The number of aromatic hydroxyl groups is 1. The molecule has 0 aliphatic carbocycles. The maximum Gasteiger partial charge on any atom is 0.352 e. The molecule has 1 rings (SSSR count). The fraction of sp³-hybridized carbons (Fsp3) is 0. The van der Waals surface area contributed by atoms with Gasteiger partial charge >= 0.3 is 11.9 Å². The molecular formula is C10H9NO5. The van der Waals surface area contributed by atoms with Crippen molar-refractivity contribution >= 4 is 17.6 Å². The van der Waals surface area contributed by atoms with Gasteiger partial charge in [-0.2, -0.15) is 0 Å². The van der Waals surface area contributed by atoms with Crippen molar-refractivity contribution in [3.05, 3.63) is 36.0 Å². The van der Waals surface area contributed by atoms with E-state index in [1.807, 2.05) is 0 Å². The van der Waals surface area contributed by atoms with Crippen LogP contribution in [0.2, 0.25) is 0 Å². The standard InChI is InChI=1S/C10H9NO5/c12-7-3-1-2-6(4-7)11-8(10(15)16)5-9(13)14/h1-5,11-12H,(H,13,14)(H,15,16). The Morgan fingerprint density at radius 2 is 1.94 bits per heavy atom. The van der Waals surface area contributed by atoms with Crippen LogP contribution in [0.25, 0.3) is 0 Å². The topological polar surface area (TPSA) is 107 Å². The summed E-state index contributed by atoms with van der Waals surface area (Å²) in [6, 6.07) is 5.68. The van der Waals surface area contributed by atoms with Gasteiger partial charge in [-0.25, -0.2) is 9.59 Å². The van der Waals surface area contributed by atoms with Crippen LogP contribution in [-0.2, 0) is 9.59 Å². The van der Waals surface area contributed by atoms with Gasteiger partial charge in [-0.1, -0.05) is 6.07 Å². The first-order valence-electron chi connectivity index (χ1n) is 4.23. The zero-order valence-electron chi connectivity index (χ0n) is 8.04. The van der Waals surface area contributed by atoms with E-state index >= 15 is 0 Å². The average Bonchev–Trinajstić information content (AvgIpc) is 2.15. The number of aliphatic carboxylic acids is 2. The lowest BCUT2D eigenvalue weighted by Gasteiger charge is -2.06. The Labute approximate surface area is 90.5 Å². The van der Waals surface area contributed by atoms with Gasteiger partial charge in [0.15, 0.2) is 0 Å². The number of carboxylic acids is 2. The number of carbonyl (C=O) groups is 2. The van der Waals surface area contributed by atoms with Crippen LogP contribution >= 0.6 is 0 Å². The summed E-state index contributed by atoms with van der Waals surface area (Å²) < 4.78 is 0. The lowest BCUT2D eigenvalue weighted by atomic mass is 10.3. The van der Waals surface area contributed by atoms with Crippen molar-refractivity contribution < 1.29 is 24.9 Å². The second-order valence-electron chi connectivity index (χ2n) is 2.88. The van der Waals surface area contributed by atoms with Crippen LogP contribution < -0.4 is 5.32 Å². The first kappa shape index (κ1) is 11.6. The van der Waals surface area contributed by atoms with E-state index in [1.54, 1.807) is 0 Å². The number of phenolic OH excluding ortho intramolecular Hbond substituents is 1. The summed E-state index contributed by atoms with van der Waals surface area (Å²) in [5.74, 6) is -2.82. The minimum Gasteiger partial charge on any atom is -0.508 e. The molecule has 0 unspecified atom stereocenters. The third-order valence-electron chi connectivity index (χ3n) is 1.62. The summed E-state index contributed by atoms with van der Waals surface area (Å²) in [7, 11) is 0. The molecule has 1 aromatic rings. The molecule has 0 atom stereocenters. The number of nitrogens with one attached hydrogen (secondary N) is 1. The molecule has 6 heteroatoms. The third kappa shape index (κ3) is 3.33. The Morgan fingerprint density at radius 1 is 1.25 bits per heavy atom. The lowest BCUT2D eigenvalue weighted by molar-refractivity contribution is -0.134. The molecule has 6 nitrogen and oxygen atoms in total. The van der Waals surface area contributed by atoms with Crippen LogP contribution in [0, 0.1) is 0 Å². The van der Waals surface area contributed by atoms with E-state index < -0.39 is 17.6 Å². The van der Waals surface area contributed by atoms with Gasteiger partial charge in [-0.15, -0.1) is 0 Å². The van der Waals surface area contributed by atoms with Crippen LogP contribution in [-0.4, -0.2) is 27.3 Å². The molecule has 16 heavy (non-hydrogen) atoms. The smallest absolute Gasteiger partial charge is 0.352 e. The minimum absolute atomic E-state index is 0.0509. The number of hydrogen-bond donors (Lipinski definition) is 4. The largest absolute Gasteiger partial charge is 0.508 e. The Bertz CT molecular complexity index is 452. The molecule has 4 N–H and O–H groups in total. The van der Waals surface area contributed by atoms with Crippen molar-refractivity contribution in [2.24, 2.45) is 0 Å². The summed E-state index contributed by atoms with van der Waals surface area (Å²) in [6.07, 6.45) is 0.534. The summed E-state index contributed by atoms with van der Waals surface area (Å²) in [5, 5.41) is 28.6. The highest BCUT2D eigenvalue weighted by Gasteiger charge is 2.09. The SMILES string of the molecule is O=C(O)C=C(Nc1cccc(O)c1)C(=O)O. The number of benzene rings is 1. The van der Waals surface area contributed by atoms with E-state index in [2.05, 4.69) is 5.32 Å². The Balaban J connectivity index is 2.93. The molecular weight excluding hydrogens is 214 g/mol. The van der Waals surface area contributed by atoms with E-state index in [1.165, 1.54) is 24.3 Å². The normalized spacial score (nSPS) is 10.9. The summed E-state index contributed by atoms with van der Waals surface area (Å²) in [4.78, 5) is 21.0. The Hall–Kier alpha value is -2.50. The summed E-state index contributed by atoms with van der Waals surface area (Å²) in [6.45, 7) is 0. The second-order valence-corrected chi connectivity index (χ2v) is 2.88. The maximum absolute atomic E-state index is 10.7. The molecule has 0 heterocycles. The number of rotatable bonds is 4. The van der Waals surface area contributed by atoms with Crippen LogP contribution in [0.5, 0.6) is 5.75 Å². The lowest BCUT2D eigenvalue weighted by Crippen LogP contribution is -2.12. The van der Waals surface area contributed by atoms with Gasteiger partial charge in [0.05, 0.1) is 6.08 Å². The second kappa shape index (κ2) is 4.83. The monoisotopic (exact) mass is 223 g/mol. The Morgan fingerprint density at radius 3 is 2.44 bits per heavy atom. The number of carboxylic acid groups (broad SMARTS) is 2. The number of phenols is 1. The predicted octanol–water partition coefficient (Wildman–Crippen LogP) is 0.857. The van der Waals surface area contributed by atoms with Gasteiger partial charge in [0.25, 0.3) is 0 Å². The van der Waals surface area contributed by atoms with Gasteiger partial charge in [0.2, 0.25) is 0 Å². The van der Waals surface area contributed by atoms with E-state index in [0.29, 0.717) is 6.08 Å². The molecule has 0 saturated heterocycles. The first-order valence-corrected chi connectivity index (χ1v) is 4.23. The quantitative estimate of drug-likeness (QED) is 0.564. The molecule has 0 aromatic heterocycles. The van der Waals surface area contributed by atoms with Gasteiger partial charge in [-0.05, 0) is 12.1 Å². The van der Waals surface area contributed by atoms with E-state index in [0.717, 1.165) is 0 Å². The van der Waals surface area contributed by atoms with Gasteiger partial charge < -0.3 is 20.6 Å². The molecule has 0 bridgehead atoms. The molecule has 0 radical (unpaired) electrons. The first-order chi connectivity index (χ1) is 7.49. The molecule has 84 valence electrons. The molecule has 0 amide bonds. The predicted molar refractivity (Wildman–Crippen MR) is 55.1 cm³/mol. The Kier molecular flexibility index (Phi) is 3.49. The van der Waals surface area contributed by atoms with E-state index in [9.17, 15) is 9.59 Å². The van der Waals surface area contributed by atoms with Crippen molar-refractivity contribution in [3.63, 3.8) is 0 Å². The molecule has 0 saturated carbocycles. The van der Waals surface area contributed by atoms with Crippen molar-refractivity contribution in [3.8, 4) is 5.75 Å². The molecule has 0 aliphatic rings. The number of anilines is 1. The van der Waals surface area contributed by atoms with E-state index in [4.69, 9.17) is 15.3 Å².